The molecule has 1 aromatic rings. The second-order valence-corrected chi connectivity index (χ2v) is 5.06. The molecule has 0 amide bonds. The lowest BCUT2D eigenvalue weighted by Crippen LogP contribution is -2.44. The molecule has 110 valence electrons. The van der Waals surface area contributed by atoms with Crippen molar-refractivity contribution < 1.29 is 9.47 Å². The first-order chi connectivity index (χ1) is 9.65. The van der Waals surface area contributed by atoms with Gasteiger partial charge in [0.15, 0.2) is 0 Å². The van der Waals surface area contributed by atoms with Crippen LogP contribution in [0.5, 0.6) is 5.75 Å². The van der Waals surface area contributed by atoms with E-state index in [9.17, 15) is 0 Å². The zero-order valence-electron chi connectivity index (χ0n) is 12.2. The van der Waals surface area contributed by atoms with Crippen LogP contribution in [0.4, 0.5) is 0 Å². The Morgan fingerprint density at radius 3 is 3.00 bits per heavy atom. The maximum Gasteiger partial charge on any atom is 0.130 e. The number of nitrogens with two attached hydrogens (primary N) is 1. The highest BCUT2D eigenvalue weighted by Crippen LogP contribution is 2.22. The number of benzene rings is 1. The topological polar surface area (TPSA) is 71.6 Å². The molecule has 1 aliphatic heterocycles. The van der Waals surface area contributed by atoms with Gasteiger partial charge in [0.2, 0.25) is 0 Å². The van der Waals surface area contributed by atoms with Gasteiger partial charge >= 0.3 is 0 Å². The molecule has 1 saturated heterocycles. The third-order valence-electron chi connectivity index (χ3n) is 3.76. The van der Waals surface area contributed by atoms with Crippen molar-refractivity contribution in [3.63, 3.8) is 0 Å². The molecule has 1 fully saturated rings. The van der Waals surface area contributed by atoms with E-state index in [1.165, 1.54) is 5.56 Å². The van der Waals surface area contributed by atoms with Gasteiger partial charge in [-0.15, -0.1) is 0 Å². The molecular weight excluding hydrogens is 254 g/mol. The number of ether oxygens (including phenoxy) is 2. The summed E-state index contributed by atoms with van der Waals surface area (Å²) < 4.78 is 10.9. The fourth-order valence-corrected chi connectivity index (χ4v) is 2.56. The standard InChI is InChI=1S/C15H23N3O2/c1-3-12-10-20-7-6-18(12)9-11-4-5-13(15(16)17)14(8-11)19-2/h4-5,8,12H,3,6-7,9-10H2,1-2H3,(H3,16,17). The van der Waals surface area contributed by atoms with Crippen LogP contribution in [0.2, 0.25) is 0 Å². The number of amidine groups is 1. The van der Waals surface area contributed by atoms with Crippen LogP contribution in [-0.4, -0.2) is 43.6 Å². The smallest absolute Gasteiger partial charge is 0.130 e. The summed E-state index contributed by atoms with van der Waals surface area (Å²) in [4.78, 5) is 2.44. The van der Waals surface area contributed by atoms with Crippen LogP contribution in [0.15, 0.2) is 18.2 Å². The first kappa shape index (κ1) is 14.8. The maximum absolute atomic E-state index is 7.54. The molecule has 1 atom stereocenters. The summed E-state index contributed by atoms with van der Waals surface area (Å²) in [7, 11) is 1.61. The number of nitrogens with zero attached hydrogens (tertiary/aromatic N) is 1. The normalized spacial score (nSPS) is 19.8. The molecule has 0 spiro atoms. The minimum absolute atomic E-state index is 0.0335. The van der Waals surface area contributed by atoms with Crippen LogP contribution in [-0.2, 0) is 11.3 Å². The minimum atomic E-state index is 0.0335. The number of hydrogen-bond acceptors (Lipinski definition) is 4. The Morgan fingerprint density at radius 2 is 2.35 bits per heavy atom. The van der Waals surface area contributed by atoms with Gasteiger partial charge in [-0.3, -0.25) is 10.3 Å². The number of nitrogens with one attached hydrogen (secondary N) is 1. The Hall–Kier alpha value is -1.59. The Bertz CT molecular complexity index is 476. The maximum atomic E-state index is 7.54. The van der Waals surface area contributed by atoms with Crippen molar-refractivity contribution in [3.8, 4) is 5.75 Å². The Kier molecular flexibility index (Phi) is 4.98. The highest BCUT2D eigenvalue weighted by atomic mass is 16.5. The van der Waals surface area contributed by atoms with Gasteiger partial charge in [-0.1, -0.05) is 13.0 Å². The van der Waals surface area contributed by atoms with Crippen LogP contribution in [0.1, 0.15) is 24.5 Å². The van der Waals surface area contributed by atoms with E-state index in [4.69, 9.17) is 20.6 Å². The van der Waals surface area contributed by atoms with E-state index in [2.05, 4.69) is 11.8 Å². The predicted molar refractivity (Wildman–Crippen MR) is 79.3 cm³/mol. The average Bonchev–Trinajstić information content (AvgIpc) is 2.47. The van der Waals surface area contributed by atoms with Crippen LogP contribution < -0.4 is 10.5 Å². The summed E-state index contributed by atoms with van der Waals surface area (Å²) in [6.45, 7) is 5.61. The molecular formula is C15H23N3O2. The Balaban J connectivity index is 2.14. The predicted octanol–water partition coefficient (Wildman–Crippen LogP) is 1.59. The second kappa shape index (κ2) is 6.72. The lowest BCUT2D eigenvalue weighted by molar-refractivity contribution is -0.0127. The third kappa shape index (κ3) is 3.29. The first-order valence-corrected chi connectivity index (χ1v) is 6.98. The van der Waals surface area contributed by atoms with Gasteiger partial charge in [-0.25, -0.2) is 0 Å². The number of morpholine rings is 1. The van der Waals surface area contributed by atoms with Gasteiger partial charge < -0.3 is 15.2 Å². The van der Waals surface area contributed by atoms with Crippen LogP contribution in [0, 0.1) is 5.41 Å². The van der Waals surface area contributed by atoms with Gasteiger partial charge in [0.25, 0.3) is 0 Å². The molecule has 1 aliphatic rings. The molecule has 1 heterocycles. The van der Waals surface area contributed by atoms with Gasteiger partial charge in [0.1, 0.15) is 11.6 Å². The molecule has 1 unspecified atom stereocenters. The summed E-state index contributed by atoms with van der Waals surface area (Å²) in [5.74, 6) is 0.697. The fraction of sp³-hybridized carbons (Fsp3) is 0.533. The van der Waals surface area contributed by atoms with Crippen LogP contribution in [0.3, 0.4) is 0 Å². The zero-order chi connectivity index (χ0) is 14.5. The van der Waals surface area contributed by atoms with Crippen molar-refractivity contribution in [2.24, 2.45) is 5.73 Å². The summed E-state index contributed by atoms with van der Waals surface area (Å²) in [6, 6.07) is 6.32. The quantitative estimate of drug-likeness (QED) is 0.633. The lowest BCUT2D eigenvalue weighted by atomic mass is 10.1. The largest absolute Gasteiger partial charge is 0.496 e. The third-order valence-corrected chi connectivity index (χ3v) is 3.76. The molecule has 1 aromatic carbocycles. The second-order valence-electron chi connectivity index (χ2n) is 5.06. The van der Waals surface area contributed by atoms with Crippen molar-refractivity contribution in [2.45, 2.75) is 25.9 Å². The number of hydrogen-bond donors (Lipinski definition) is 2. The van der Waals surface area contributed by atoms with Gasteiger partial charge in [-0.05, 0) is 24.1 Å². The van der Waals surface area contributed by atoms with Crippen molar-refractivity contribution in [3.05, 3.63) is 29.3 Å². The van der Waals surface area contributed by atoms with Crippen molar-refractivity contribution in [1.82, 2.24) is 4.90 Å². The summed E-state index contributed by atoms with van der Waals surface area (Å²) >= 11 is 0. The molecule has 0 saturated carbocycles. The Labute approximate surface area is 120 Å². The molecule has 20 heavy (non-hydrogen) atoms. The van der Waals surface area contributed by atoms with Crippen molar-refractivity contribution >= 4 is 5.84 Å². The summed E-state index contributed by atoms with van der Waals surface area (Å²) in [5.41, 5.74) is 7.36. The summed E-state index contributed by atoms with van der Waals surface area (Å²) in [5, 5.41) is 7.54. The number of nitrogen functional groups attached to an aromatic ring is 1. The van der Waals surface area contributed by atoms with Crippen molar-refractivity contribution in [2.75, 3.05) is 26.9 Å². The number of methoxy groups -OCH3 is 1. The SMILES string of the molecule is CCC1COCCN1Cc1ccc(C(=N)N)c(OC)c1. The van der Waals surface area contributed by atoms with E-state index < -0.39 is 0 Å². The molecule has 2 rings (SSSR count). The fourth-order valence-electron chi connectivity index (χ4n) is 2.56. The minimum Gasteiger partial charge on any atom is -0.496 e. The van der Waals surface area contributed by atoms with Gasteiger partial charge in [0.05, 0.1) is 25.9 Å². The molecule has 0 radical (unpaired) electrons. The van der Waals surface area contributed by atoms with Gasteiger partial charge in [0, 0.05) is 19.1 Å². The average molecular weight is 277 g/mol. The zero-order valence-corrected chi connectivity index (χ0v) is 12.2. The molecule has 5 nitrogen and oxygen atoms in total. The molecule has 0 bridgehead atoms. The van der Waals surface area contributed by atoms with E-state index in [-0.39, 0.29) is 5.84 Å². The first-order valence-electron chi connectivity index (χ1n) is 6.98. The van der Waals surface area contributed by atoms with Crippen molar-refractivity contribution in [1.29, 1.82) is 5.41 Å². The van der Waals surface area contributed by atoms with Crippen LogP contribution >= 0.6 is 0 Å². The van der Waals surface area contributed by atoms with E-state index in [1.54, 1.807) is 7.11 Å². The van der Waals surface area contributed by atoms with E-state index >= 15 is 0 Å². The lowest BCUT2D eigenvalue weighted by Gasteiger charge is -2.35. The highest BCUT2D eigenvalue weighted by Gasteiger charge is 2.21. The molecule has 3 N–H and O–H groups in total. The van der Waals surface area contributed by atoms with E-state index in [0.29, 0.717) is 17.4 Å². The summed E-state index contributed by atoms with van der Waals surface area (Å²) in [6.07, 6.45) is 1.09. The van der Waals surface area contributed by atoms with E-state index in [0.717, 1.165) is 32.7 Å². The monoisotopic (exact) mass is 277 g/mol. The molecule has 0 aliphatic carbocycles. The molecule has 0 aromatic heterocycles. The number of rotatable bonds is 5. The van der Waals surface area contributed by atoms with E-state index in [1.807, 2.05) is 18.2 Å². The highest BCUT2D eigenvalue weighted by molar-refractivity contribution is 5.97. The van der Waals surface area contributed by atoms with Crippen LogP contribution in [0.25, 0.3) is 0 Å². The molecule has 5 heteroatoms. The Morgan fingerprint density at radius 1 is 1.55 bits per heavy atom. The van der Waals surface area contributed by atoms with Gasteiger partial charge in [-0.2, -0.15) is 0 Å².